The van der Waals surface area contributed by atoms with Crippen LogP contribution >= 0.6 is 0 Å². The highest BCUT2D eigenvalue weighted by molar-refractivity contribution is 5.85. The van der Waals surface area contributed by atoms with Crippen LogP contribution < -0.4 is 4.74 Å². The molecule has 2 heterocycles. The summed E-state index contributed by atoms with van der Waals surface area (Å²) in [6, 6.07) is 6.57. The molecule has 7 nitrogen and oxygen atoms in total. The standard InChI is InChI=1S/C19H22N2O5/c1-12-16(13(2)26-20-12)11-25-15-7-5-14(6-8-15)10-18(22)21-9-3-4-17(21)19(23)24/h5-8,17H,3-4,9-11H2,1-2H3,(H,23,24)/t17-/m0/s1. The van der Waals surface area contributed by atoms with Crippen LogP contribution in [-0.2, 0) is 22.6 Å². The lowest BCUT2D eigenvalue weighted by Crippen LogP contribution is -2.41. The van der Waals surface area contributed by atoms with E-state index in [1.165, 1.54) is 4.90 Å². The molecule has 1 atom stereocenters. The van der Waals surface area contributed by atoms with Crippen molar-refractivity contribution in [2.75, 3.05) is 6.54 Å². The van der Waals surface area contributed by atoms with Crippen molar-refractivity contribution in [2.24, 2.45) is 0 Å². The number of hydrogen-bond acceptors (Lipinski definition) is 5. The fourth-order valence-electron chi connectivity index (χ4n) is 3.17. The molecule has 1 aromatic carbocycles. The Balaban J connectivity index is 1.57. The number of hydrogen-bond donors (Lipinski definition) is 1. The van der Waals surface area contributed by atoms with Crippen LogP contribution in [-0.4, -0.2) is 39.6 Å². The molecule has 7 heteroatoms. The molecule has 1 saturated heterocycles. The van der Waals surface area contributed by atoms with Crippen LogP contribution in [0.1, 0.15) is 35.4 Å². The Kier molecular flexibility index (Phi) is 5.25. The lowest BCUT2D eigenvalue weighted by Gasteiger charge is -2.21. The first-order valence-electron chi connectivity index (χ1n) is 8.61. The molecule has 1 aromatic heterocycles. The number of carbonyl (C=O) groups is 2. The second-order valence-corrected chi connectivity index (χ2v) is 6.50. The van der Waals surface area contributed by atoms with Crippen molar-refractivity contribution < 1.29 is 24.0 Å². The van der Waals surface area contributed by atoms with E-state index in [2.05, 4.69) is 5.16 Å². The van der Waals surface area contributed by atoms with Crippen molar-refractivity contribution in [3.8, 4) is 5.75 Å². The van der Waals surface area contributed by atoms with Gasteiger partial charge in [-0.1, -0.05) is 17.3 Å². The van der Waals surface area contributed by atoms with Crippen LogP contribution in [0.2, 0.25) is 0 Å². The second-order valence-electron chi connectivity index (χ2n) is 6.50. The summed E-state index contributed by atoms with van der Waals surface area (Å²) in [6.07, 6.45) is 1.45. The van der Waals surface area contributed by atoms with Crippen LogP contribution in [0.4, 0.5) is 0 Å². The Morgan fingerprint density at radius 3 is 2.65 bits per heavy atom. The molecular weight excluding hydrogens is 336 g/mol. The molecule has 0 radical (unpaired) electrons. The zero-order chi connectivity index (χ0) is 18.7. The fourth-order valence-corrected chi connectivity index (χ4v) is 3.17. The van der Waals surface area contributed by atoms with Gasteiger partial charge in [-0.3, -0.25) is 4.79 Å². The summed E-state index contributed by atoms with van der Waals surface area (Å²) >= 11 is 0. The van der Waals surface area contributed by atoms with Crippen molar-refractivity contribution in [3.05, 3.63) is 46.8 Å². The minimum Gasteiger partial charge on any atom is -0.489 e. The summed E-state index contributed by atoms with van der Waals surface area (Å²) in [5.41, 5.74) is 2.57. The van der Waals surface area contributed by atoms with Gasteiger partial charge in [0, 0.05) is 6.54 Å². The minimum atomic E-state index is -0.932. The summed E-state index contributed by atoms with van der Waals surface area (Å²) < 4.78 is 10.9. The highest BCUT2D eigenvalue weighted by Gasteiger charge is 2.33. The van der Waals surface area contributed by atoms with E-state index in [0.29, 0.717) is 25.3 Å². The summed E-state index contributed by atoms with van der Waals surface area (Å²) in [5, 5.41) is 13.1. The zero-order valence-corrected chi connectivity index (χ0v) is 14.9. The van der Waals surface area contributed by atoms with Crippen LogP contribution in [0.25, 0.3) is 0 Å². The SMILES string of the molecule is Cc1noc(C)c1COc1ccc(CC(=O)N2CCC[C@H]2C(=O)O)cc1. The van der Waals surface area contributed by atoms with Gasteiger partial charge in [-0.2, -0.15) is 0 Å². The maximum atomic E-state index is 12.4. The van der Waals surface area contributed by atoms with Gasteiger partial charge >= 0.3 is 5.97 Å². The van der Waals surface area contributed by atoms with Gasteiger partial charge in [-0.25, -0.2) is 4.79 Å². The third-order valence-corrected chi connectivity index (χ3v) is 4.70. The molecule has 0 bridgehead atoms. The van der Waals surface area contributed by atoms with Crippen LogP contribution in [0.5, 0.6) is 5.75 Å². The number of aryl methyl sites for hydroxylation is 2. The van der Waals surface area contributed by atoms with Crippen molar-refractivity contribution >= 4 is 11.9 Å². The van der Waals surface area contributed by atoms with Gasteiger partial charge in [0.2, 0.25) is 5.91 Å². The van der Waals surface area contributed by atoms with Gasteiger partial charge in [0.1, 0.15) is 24.2 Å². The molecule has 0 unspecified atom stereocenters. The number of carbonyl (C=O) groups excluding carboxylic acids is 1. The van der Waals surface area contributed by atoms with E-state index in [1.54, 1.807) is 12.1 Å². The molecule has 1 N–H and O–H groups in total. The number of aliphatic carboxylic acids is 1. The molecule has 0 aliphatic carbocycles. The molecule has 1 fully saturated rings. The number of ether oxygens (including phenoxy) is 1. The quantitative estimate of drug-likeness (QED) is 0.853. The van der Waals surface area contributed by atoms with Gasteiger partial charge in [0.15, 0.2) is 0 Å². The Morgan fingerprint density at radius 2 is 2.04 bits per heavy atom. The predicted octanol–water partition coefficient (Wildman–Crippen LogP) is 2.49. The molecule has 26 heavy (non-hydrogen) atoms. The fraction of sp³-hybridized carbons (Fsp3) is 0.421. The smallest absolute Gasteiger partial charge is 0.326 e. The lowest BCUT2D eigenvalue weighted by molar-refractivity contribution is -0.148. The first-order chi connectivity index (χ1) is 12.5. The minimum absolute atomic E-state index is 0.153. The van der Waals surface area contributed by atoms with Gasteiger partial charge in [0.05, 0.1) is 17.7 Å². The zero-order valence-electron chi connectivity index (χ0n) is 14.9. The lowest BCUT2D eigenvalue weighted by atomic mass is 10.1. The maximum absolute atomic E-state index is 12.4. The third-order valence-electron chi connectivity index (χ3n) is 4.70. The number of aromatic nitrogens is 1. The number of carboxylic acids is 1. The Hall–Kier alpha value is -2.83. The van der Waals surface area contributed by atoms with E-state index in [0.717, 1.165) is 29.0 Å². The van der Waals surface area contributed by atoms with Gasteiger partial charge < -0.3 is 19.3 Å². The second kappa shape index (κ2) is 7.59. The predicted molar refractivity (Wildman–Crippen MR) is 92.8 cm³/mol. The first-order valence-corrected chi connectivity index (χ1v) is 8.61. The molecule has 2 aromatic rings. The topological polar surface area (TPSA) is 92.9 Å². The molecule has 138 valence electrons. The summed E-state index contributed by atoms with van der Waals surface area (Å²) in [7, 11) is 0. The average Bonchev–Trinajstić information content (AvgIpc) is 3.22. The van der Waals surface area contributed by atoms with E-state index in [9.17, 15) is 14.7 Å². The summed E-state index contributed by atoms with van der Waals surface area (Å²) in [4.78, 5) is 25.1. The third kappa shape index (κ3) is 3.87. The van der Waals surface area contributed by atoms with Crippen LogP contribution in [0.3, 0.4) is 0 Å². The van der Waals surface area contributed by atoms with Crippen molar-refractivity contribution in [1.82, 2.24) is 10.1 Å². The molecular formula is C19H22N2O5. The van der Waals surface area contributed by atoms with E-state index >= 15 is 0 Å². The first kappa shape index (κ1) is 18.0. The molecule has 0 saturated carbocycles. The van der Waals surface area contributed by atoms with Gasteiger partial charge in [-0.15, -0.1) is 0 Å². The Labute approximate surface area is 151 Å². The van der Waals surface area contributed by atoms with E-state index in [1.807, 2.05) is 26.0 Å². The average molecular weight is 358 g/mol. The monoisotopic (exact) mass is 358 g/mol. The van der Waals surface area contributed by atoms with Gasteiger partial charge in [0.25, 0.3) is 0 Å². The molecule has 1 aliphatic heterocycles. The Bertz CT molecular complexity index is 777. The number of carboxylic acid groups (broad SMARTS) is 1. The number of amides is 1. The maximum Gasteiger partial charge on any atom is 0.326 e. The van der Waals surface area contributed by atoms with Crippen molar-refractivity contribution in [2.45, 2.75) is 45.8 Å². The summed E-state index contributed by atoms with van der Waals surface area (Å²) in [5.74, 6) is 0.340. The number of likely N-dealkylation sites (tertiary alicyclic amines) is 1. The number of rotatable bonds is 6. The largest absolute Gasteiger partial charge is 0.489 e. The number of nitrogens with zero attached hydrogens (tertiary/aromatic N) is 2. The van der Waals surface area contributed by atoms with Crippen LogP contribution in [0, 0.1) is 13.8 Å². The van der Waals surface area contributed by atoms with E-state index in [-0.39, 0.29) is 12.3 Å². The molecule has 1 aliphatic rings. The van der Waals surface area contributed by atoms with E-state index < -0.39 is 12.0 Å². The molecule has 0 spiro atoms. The van der Waals surface area contributed by atoms with Crippen LogP contribution in [0.15, 0.2) is 28.8 Å². The highest BCUT2D eigenvalue weighted by Crippen LogP contribution is 2.21. The number of benzene rings is 1. The van der Waals surface area contributed by atoms with E-state index in [4.69, 9.17) is 9.26 Å². The molecule has 1 amide bonds. The Morgan fingerprint density at radius 1 is 1.31 bits per heavy atom. The van der Waals surface area contributed by atoms with Crippen molar-refractivity contribution in [1.29, 1.82) is 0 Å². The highest BCUT2D eigenvalue weighted by atomic mass is 16.5. The summed E-state index contributed by atoms with van der Waals surface area (Å²) in [6.45, 7) is 4.59. The van der Waals surface area contributed by atoms with Crippen molar-refractivity contribution in [3.63, 3.8) is 0 Å². The molecule has 3 rings (SSSR count). The normalized spacial score (nSPS) is 16.7. The van der Waals surface area contributed by atoms with Gasteiger partial charge in [-0.05, 0) is 44.4 Å².